The molecule has 0 bridgehead atoms. The van der Waals surface area contributed by atoms with Crippen LogP contribution in [-0.2, 0) is 16.0 Å². The van der Waals surface area contributed by atoms with Gasteiger partial charge in [0.05, 0.1) is 7.11 Å². The summed E-state index contributed by atoms with van der Waals surface area (Å²) in [6.07, 6.45) is 0.526. The maximum atomic E-state index is 12.4. The number of benzene rings is 2. The van der Waals surface area contributed by atoms with Crippen LogP contribution in [0.1, 0.15) is 27.9 Å². The molecule has 2 aromatic carbocycles. The first-order valence-electron chi connectivity index (χ1n) is 8.93. The van der Waals surface area contributed by atoms with Gasteiger partial charge in [-0.25, -0.2) is 4.79 Å². The lowest BCUT2D eigenvalue weighted by Gasteiger charge is -2.13. The normalized spacial score (nSPS) is 10.7. The number of ether oxygens (including phenoxy) is 2. The molecular weight excluding hydrogens is 440 g/mol. The van der Waals surface area contributed by atoms with Crippen molar-refractivity contribution in [3.63, 3.8) is 0 Å². The summed E-state index contributed by atoms with van der Waals surface area (Å²) < 4.78 is 16.6. The molecule has 0 radical (unpaired) electrons. The highest BCUT2D eigenvalue weighted by Gasteiger charge is 2.14. The van der Waals surface area contributed by atoms with Gasteiger partial charge in [0.15, 0.2) is 12.4 Å². The van der Waals surface area contributed by atoms with Crippen molar-refractivity contribution in [3.8, 4) is 5.75 Å². The minimum Gasteiger partial charge on any atom is -0.485 e. The number of methoxy groups -OCH3 is 1. The summed E-state index contributed by atoms with van der Waals surface area (Å²) in [7, 11) is 1.33. The minimum absolute atomic E-state index is 0.162. The van der Waals surface area contributed by atoms with Crippen LogP contribution in [-0.4, -0.2) is 25.5 Å². The molecule has 1 heterocycles. The molecule has 0 aliphatic heterocycles. The summed E-state index contributed by atoms with van der Waals surface area (Å²) in [5.74, 6) is -0.152. The van der Waals surface area contributed by atoms with Gasteiger partial charge >= 0.3 is 11.6 Å². The Hall–Kier alpha value is -2.93. The van der Waals surface area contributed by atoms with Crippen molar-refractivity contribution < 1.29 is 23.5 Å². The van der Waals surface area contributed by atoms with Crippen LogP contribution in [0.3, 0.4) is 0 Å². The van der Waals surface area contributed by atoms with E-state index < -0.39 is 5.63 Å². The molecule has 0 atom stereocenters. The van der Waals surface area contributed by atoms with Crippen LogP contribution in [0, 0.1) is 6.92 Å². The molecule has 150 valence electrons. The second-order valence-electron chi connectivity index (χ2n) is 6.50. The van der Waals surface area contributed by atoms with Gasteiger partial charge in [-0.1, -0.05) is 28.1 Å². The summed E-state index contributed by atoms with van der Waals surface area (Å²) >= 11 is 3.33. The highest BCUT2D eigenvalue weighted by Crippen LogP contribution is 2.28. The Bertz CT molecular complexity index is 1110. The molecule has 7 heteroatoms. The van der Waals surface area contributed by atoms with Crippen molar-refractivity contribution in [1.82, 2.24) is 0 Å². The molecule has 1 aromatic heterocycles. The number of hydrogen-bond donors (Lipinski definition) is 0. The van der Waals surface area contributed by atoms with Gasteiger partial charge in [-0.15, -0.1) is 0 Å². The number of fused-ring (bicyclic) bond motifs is 1. The van der Waals surface area contributed by atoms with E-state index in [0.29, 0.717) is 23.3 Å². The van der Waals surface area contributed by atoms with Gasteiger partial charge in [0.1, 0.15) is 11.3 Å². The van der Waals surface area contributed by atoms with Gasteiger partial charge in [-0.3, -0.25) is 9.59 Å². The Labute approximate surface area is 175 Å². The number of carbonyl (C=O) groups excluding carboxylic acids is 2. The van der Waals surface area contributed by atoms with E-state index in [4.69, 9.17) is 13.9 Å². The first-order valence-corrected chi connectivity index (χ1v) is 9.72. The third-order valence-electron chi connectivity index (χ3n) is 4.48. The Kier molecular flexibility index (Phi) is 6.49. The second kappa shape index (κ2) is 9.05. The summed E-state index contributed by atoms with van der Waals surface area (Å²) in [4.78, 5) is 35.7. The first kappa shape index (κ1) is 20.8. The first-order chi connectivity index (χ1) is 13.9. The molecule has 0 amide bonds. The van der Waals surface area contributed by atoms with Crippen molar-refractivity contribution in [2.75, 3.05) is 13.7 Å². The molecule has 0 aliphatic rings. The van der Waals surface area contributed by atoms with Gasteiger partial charge in [-0.05, 0) is 42.7 Å². The second-order valence-corrected chi connectivity index (χ2v) is 7.42. The largest absolute Gasteiger partial charge is 0.485 e. The number of hydrogen-bond acceptors (Lipinski definition) is 6. The third kappa shape index (κ3) is 5.12. The zero-order valence-corrected chi connectivity index (χ0v) is 17.6. The minimum atomic E-state index is -0.464. The predicted molar refractivity (Wildman–Crippen MR) is 112 cm³/mol. The maximum absolute atomic E-state index is 12.4. The van der Waals surface area contributed by atoms with Gasteiger partial charge in [0.25, 0.3) is 0 Å². The number of rotatable bonds is 7. The fourth-order valence-electron chi connectivity index (χ4n) is 2.92. The Morgan fingerprint density at radius 1 is 1.10 bits per heavy atom. The third-order valence-corrected chi connectivity index (χ3v) is 5.01. The number of halogens is 1. The standard InChI is InChI=1S/C22H19BrO6/c1-13-9-22(26)29-20-11-19(15(10-17(13)20)5-8-21(25)27-2)28-12-18(24)14-3-6-16(23)7-4-14/h3-4,6-7,9-11H,5,8,12H2,1-2H3. The quantitative estimate of drug-likeness (QED) is 0.299. The lowest BCUT2D eigenvalue weighted by Crippen LogP contribution is -2.13. The van der Waals surface area contributed by atoms with E-state index in [1.807, 2.05) is 6.07 Å². The fraction of sp³-hybridized carbons (Fsp3) is 0.227. The van der Waals surface area contributed by atoms with Crippen LogP contribution >= 0.6 is 15.9 Å². The smallest absolute Gasteiger partial charge is 0.336 e. The molecule has 0 spiro atoms. The molecule has 0 saturated heterocycles. The molecule has 29 heavy (non-hydrogen) atoms. The Morgan fingerprint density at radius 3 is 2.52 bits per heavy atom. The molecule has 3 rings (SSSR count). The van der Waals surface area contributed by atoms with Crippen LogP contribution < -0.4 is 10.4 Å². The van der Waals surface area contributed by atoms with Crippen LogP contribution in [0.4, 0.5) is 0 Å². The van der Waals surface area contributed by atoms with Crippen molar-refractivity contribution >= 4 is 38.7 Å². The summed E-state index contributed by atoms with van der Waals surface area (Å²) in [5, 5.41) is 0.746. The van der Waals surface area contributed by atoms with E-state index in [9.17, 15) is 14.4 Å². The topological polar surface area (TPSA) is 82.8 Å². The molecule has 3 aromatic rings. The number of esters is 1. The number of carbonyl (C=O) groups is 2. The van der Waals surface area contributed by atoms with Crippen molar-refractivity contribution in [2.24, 2.45) is 0 Å². The lowest BCUT2D eigenvalue weighted by molar-refractivity contribution is -0.140. The van der Waals surface area contributed by atoms with E-state index in [-0.39, 0.29) is 24.8 Å². The summed E-state index contributed by atoms with van der Waals surface area (Å²) in [5.41, 5.74) is 1.90. The fourth-order valence-corrected chi connectivity index (χ4v) is 3.19. The molecule has 6 nitrogen and oxygen atoms in total. The molecule has 0 saturated carbocycles. The van der Waals surface area contributed by atoms with Crippen LogP contribution in [0.5, 0.6) is 5.75 Å². The molecule has 0 fully saturated rings. The number of Topliss-reactive ketones (excluding diaryl/α,β-unsaturated/α-hetero) is 1. The maximum Gasteiger partial charge on any atom is 0.336 e. The van der Waals surface area contributed by atoms with Crippen molar-refractivity contribution in [3.05, 3.63) is 74.0 Å². The van der Waals surface area contributed by atoms with Gasteiger partial charge in [-0.2, -0.15) is 0 Å². The van der Waals surface area contributed by atoms with E-state index >= 15 is 0 Å². The average molecular weight is 459 g/mol. The van der Waals surface area contributed by atoms with Gasteiger partial charge in [0.2, 0.25) is 0 Å². The highest BCUT2D eigenvalue weighted by atomic mass is 79.9. The van der Waals surface area contributed by atoms with Crippen molar-refractivity contribution in [1.29, 1.82) is 0 Å². The van der Waals surface area contributed by atoms with E-state index in [1.165, 1.54) is 13.2 Å². The SMILES string of the molecule is COC(=O)CCc1cc2c(C)cc(=O)oc2cc1OCC(=O)c1ccc(Br)cc1. The van der Waals surface area contributed by atoms with Gasteiger partial charge < -0.3 is 13.9 Å². The van der Waals surface area contributed by atoms with E-state index in [2.05, 4.69) is 15.9 Å². The van der Waals surface area contributed by atoms with Crippen LogP contribution in [0.2, 0.25) is 0 Å². The number of aryl methyl sites for hydroxylation is 2. The molecule has 0 unspecified atom stereocenters. The summed E-state index contributed by atoms with van der Waals surface area (Å²) in [6, 6.07) is 11.8. The highest BCUT2D eigenvalue weighted by molar-refractivity contribution is 9.10. The Balaban J connectivity index is 1.90. The van der Waals surface area contributed by atoms with E-state index in [1.54, 1.807) is 37.3 Å². The zero-order valence-electron chi connectivity index (χ0n) is 16.0. The lowest BCUT2D eigenvalue weighted by atomic mass is 10.0. The molecular formula is C22H19BrO6. The molecule has 0 aliphatic carbocycles. The van der Waals surface area contributed by atoms with Crippen LogP contribution in [0.25, 0.3) is 11.0 Å². The Morgan fingerprint density at radius 2 is 1.83 bits per heavy atom. The summed E-state index contributed by atoms with van der Waals surface area (Å²) in [6.45, 7) is 1.62. The average Bonchev–Trinajstić information content (AvgIpc) is 2.70. The van der Waals surface area contributed by atoms with Crippen molar-refractivity contribution in [2.45, 2.75) is 19.8 Å². The number of ketones is 1. The van der Waals surface area contributed by atoms with E-state index in [0.717, 1.165) is 21.0 Å². The zero-order chi connectivity index (χ0) is 21.0. The predicted octanol–water partition coefficient (Wildman–Crippen LogP) is 4.23. The molecule has 0 N–H and O–H groups in total. The van der Waals surface area contributed by atoms with Gasteiger partial charge in [0, 0.05) is 34.0 Å². The monoisotopic (exact) mass is 458 g/mol. The van der Waals surface area contributed by atoms with Crippen LogP contribution in [0.15, 0.2) is 56.1 Å².